The molecule has 1 atom stereocenters. The second-order valence-electron chi connectivity index (χ2n) is 7.69. The minimum absolute atomic E-state index is 0.00874. The minimum Gasteiger partial charge on any atom is -0.375 e. The molecular formula is C22H26N4O3. The number of carbonyl (C=O) groups excluding carboxylic acids is 2. The van der Waals surface area contributed by atoms with E-state index in [0.29, 0.717) is 32.5 Å². The van der Waals surface area contributed by atoms with E-state index < -0.39 is 0 Å². The molecule has 2 aliphatic rings. The molecule has 0 bridgehead atoms. The summed E-state index contributed by atoms with van der Waals surface area (Å²) in [6, 6.07) is 9.97. The molecule has 7 heteroatoms. The van der Waals surface area contributed by atoms with Crippen molar-refractivity contribution >= 4 is 17.6 Å². The van der Waals surface area contributed by atoms with Crippen molar-refractivity contribution in [2.45, 2.75) is 38.6 Å². The zero-order chi connectivity index (χ0) is 20.4. The summed E-state index contributed by atoms with van der Waals surface area (Å²) in [7, 11) is 1.53. The molecule has 1 aromatic carbocycles. The van der Waals surface area contributed by atoms with Crippen LogP contribution < -0.4 is 4.90 Å². The number of likely N-dealkylation sites (tertiary alicyclic amines) is 1. The van der Waals surface area contributed by atoms with E-state index in [0.717, 1.165) is 34.9 Å². The number of nitrogens with zero attached hydrogens (tertiary/aromatic N) is 4. The Labute approximate surface area is 170 Å². The zero-order valence-corrected chi connectivity index (χ0v) is 16.9. The molecule has 3 heterocycles. The van der Waals surface area contributed by atoms with Crippen molar-refractivity contribution < 1.29 is 14.3 Å². The number of fused-ring (bicyclic) bond motifs is 1. The average Bonchev–Trinajstić information content (AvgIpc) is 3.21. The predicted octanol–water partition coefficient (Wildman–Crippen LogP) is 2.23. The van der Waals surface area contributed by atoms with Crippen molar-refractivity contribution in [1.29, 1.82) is 0 Å². The molecule has 29 heavy (non-hydrogen) atoms. The summed E-state index contributed by atoms with van der Waals surface area (Å²) >= 11 is 0. The van der Waals surface area contributed by atoms with E-state index in [2.05, 4.69) is 0 Å². The first kappa shape index (κ1) is 19.5. The van der Waals surface area contributed by atoms with Gasteiger partial charge in [-0.1, -0.05) is 30.3 Å². The molecule has 2 aromatic rings. The van der Waals surface area contributed by atoms with E-state index in [1.54, 1.807) is 9.80 Å². The van der Waals surface area contributed by atoms with Gasteiger partial charge in [-0.15, -0.1) is 0 Å². The fourth-order valence-electron chi connectivity index (χ4n) is 4.13. The predicted molar refractivity (Wildman–Crippen MR) is 109 cm³/mol. The van der Waals surface area contributed by atoms with Gasteiger partial charge in [-0.05, 0) is 25.3 Å². The van der Waals surface area contributed by atoms with Crippen LogP contribution in [0.2, 0.25) is 0 Å². The number of benzene rings is 1. The van der Waals surface area contributed by atoms with Crippen molar-refractivity contribution in [2.24, 2.45) is 0 Å². The van der Waals surface area contributed by atoms with Crippen molar-refractivity contribution in [2.75, 3.05) is 31.7 Å². The fraction of sp³-hybridized carbons (Fsp3) is 0.455. The highest BCUT2D eigenvalue weighted by Gasteiger charge is 2.33. The number of amides is 2. The van der Waals surface area contributed by atoms with Crippen LogP contribution in [0.4, 0.5) is 5.82 Å². The highest BCUT2D eigenvalue weighted by molar-refractivity contribution is 5.95. The molecule has 0 unspecified atom stereocenters. The van der Waals surface area contributed by atoms with Gasteiger partial charge in [0.1, 0.15) is 18.2 Å². The Bertz CT molecular complexity index is 916. The molecule has 1 aromatic heterocycles. The molecule has 1 fully saturated rings. The van der Waals surface area contributed by atoms with Crippen LogP contribution in [0, 0.1) is 6.92 Å². The molecule has 152 valence electrons. The van der Waals surface area contributed by atoms with Crippen LogP contribution in [0.3, 0.4) is 0 Å². The number of ether oxygens (including phenoxy) is 1. The summed E-state index contributed by atoms with van der Waals surface area (Å²) in [4.78, 5) is 38.0. The van der Waals surface area contributed by atoms with Gasteiger partial charge in [0, 0.05) is 43.8 Å². The number of aromatic nitrogens is 2. The van der Waals surface area contributed by atoms with Crippen molar-refractivity contribution in [3.05, 3.63) is 53.0 Å². The second-order valence-corrected chi connectivity index (χ2v) is 7.69. The minimum atomic E-state index is -0.00874. The maximum absolute atomic E-state index is 12.7. The van der Waals surface area contributed by atoms with Crippen molar-refractivity contribution in [3.8, 4) is 0 Å². The number of rotatable bonds is 5. The number of methoxy groups -OCH3 is 1. The Morgan fingerprint density at radius 1 is 1.21 bits per heavy atom. The summed E-state index contributed by atoms with van der Waals surface area (Å²) in [6.45, 7) is 3.86. The van der Waals surface area contributed by atoms with E-state index in [-0.39, 0.29) is 24.3 Å². The van der Waals surface area contributed by atoms with Crippen LogP contribution in [-0.2, 0) is 27.3 Å². The molecule has 4 rings (SSSR count). The van der Waals surface area contributed by atoms with Crippen LogP contribution in [0.1, 0.15) is 41.4 Å². The SMILES string of the molecule is COCC(=O)N1CC[C@H](c2nc(C)c3c(n2)N(Cc2ccccc2)C(=O)CC3)C1. The number of aryl methyl sites for hydroxylation is 1. The molecule has 0 radical (unpaired) electrons. The number of anilines is 1. The average molecular weight is 394 g/mol. The normalized spacial score (nSPS) is 18.8. The van der Waals surface area contributed by atoms with Gasteiger partial charge in [0.15, 0.2) is 0 Å². The molecule has 0 N–H and O–H groups in total. The summed E-state index contributed by atoms with van der Waals surface area (Å²) in [5.74, 6) is 1.62. The van der Waals surface area contributed by atoms with Gasteiger partial charge >= 0.3 is 0 Å². The van der Waals surface area contributed by atoms with Crippen molar-refractivity contribution in [1.82, 2.24) is 14.9 Å². The van der Waals surface area contributed by atoms with Gasteiger partial charge in [-0.25, -0.2) is 9.97 Å². The first-order chi connectivity index (χ1) is 14.1. The van der Waals surface area contributed by atoms with E-state index in [1.807, 2.05) is 37.3 Å². The monoisotopic (exact) mass is 394 g/mol. The molecule has 2 amide bonds. The van der Waals surface area contributed by atoms with Gasteiger partial charge < -0.3 is 9.64 Å². The largest absolute Gasteiger partial charge is 0.375 e. The van der Waals surface area contributed by atoms with Crippen LogP contribution >= 0.6 is 0 Å². The zero-order valence-electron chi connectivity index (χ0n) is 16.9. The van der Waals surface area contributed by atoms with Crippen molar-refractivity contribution in [3.63, 3.8) is 0 Å². The Hall–Kier alpha value is -2.80. The quantitative estimate of drug-likeness (QED) is 0.777. The summed E-state index contributed by atoms with van der Waals surface area (Å²) < 4.78 is 4.97. The van der Waals surface area contributed by atoms with Gasteiger partial charge in [0.05, 0.1) is 6.54 Å². The Kier molecular flexibility index (Phi) is 5.58. The van der Waals surface area contributed by atoms with E-state index in [4.69, 9.17) is 14.7 Å². The van der Waals surface area contributed by atoms with Gasteiger partial charge in [0.25, 0.3) is 0 Å². The van der Waals surface area contributed by atoms with E-state index >= 15 is 0 Å². The lowest BCUT2D eigenvalue weighted by Crippen LogP contribution is -2.36. The van der Waals surface area contributed by atoms with Crippen LogP contribution in [-0.4, -0.2) is 53.5 Å². The molecule has 1 saturated heterocycles. The summed E-state index contributed by atoms with van der Waals surface area (Å²) in [6.07, 6.45) is 1.97. The molecule has 7 nitrogen and oxygen atoms in total. The fourth-order valence-corrected chi connectivity index (χ4v) is 4.13. The first-order valence-electron chi connectivity index (χ1n) is 10.0. The third-order valence-electron chi connectivity index (χ3n) is 5.71. The highest BCUT2D eigenvalue weighted by atomic mass is 16.5. The number of hydrogen-bond acceptors (Lipinski definition) is 5. The maximum atomic E-state index is 12.7. The maximum Gasteiger partial charge on any atom is 0.248 e. The molecular weight excluding hydrogens is 368 g/mol. The molecule has 0 spiro atoms. The lowest BCUT2D eigenvalue weighted by molar-refractivity contribution is -0.134. The molecule has 0 saturated carbocycles. The number of hydrogen-bond donors (Lipinski definition) is 0. The molecule has 0 aliphatic carbocycles. The van der Waals surface area contributed by atoms with Gasteiger partial charge in [-0.2, -0.15) is 0 Å². The highest BCUT2D eigenvalue weighted by Crippen LogP contribution is 2.33. The smallest absolute Gasteiger partial charge is 0.248 e. The lowest BCUT2D eigenvalue weighted by Gasteiger charge is -2.30. The summed E-state index contributed by atoms with van der Waals surface area (Å²) in [5.41, 5.74) is 3.05. The van der Waals surface area contributed by atoms with Crippen LogP contribution in [0.15, 0.2) is 30.3 Å². The number of carbonyl (C=O) groups is 2. The summed E-state index contributed by atoms with van der Waals surface area (Å²) in [5, 5.41) is 0. The van der Waals surface area contributed by atoms with E-state index in [9.17, 15) is 9.59 Å². The Morgan fingerprint density at radius 2 is 2.00 bits per heavy atom. The Morgan fingerprint density at radius 3 is 2.76 bits per heavy atom. The lowest BCUT2D eigenvalue weighted by atomic mass is 10.0. The topological polar surface area (TPSA) is 75.6 Å². The molecule has 2 aliphatic heterocycles. The third kappa shape index (κ3) is 4.00. The second kappa shape index (κ2) is 8.29. The standard InChI is InChI=1S/C22H26N4O3/c1-15-18-8-9-19(27)26(12-16-6-4-3-5-7-16)22(18)24-21(23-15)17-10-11-25(13-17)20(28)14-29-2/h3-7,17H,8-14H2,1-2H3/t17-/m0/s1. The van der Waals surface area contributed by atoms with Crippen LogP contribution in [0.25, 0.3) is 0 Å². The van der Waals surface area contributed by atoms with E-state index in [1.165, 1.54) is 7.11 Å². The Balaban J connectivity index is 1.62. The van der Waals surface area contributed by atoms with Gasteiger partial charge in [-0.3, -0.25) is 14.5 Å². The first-order valence-corrected chi connectivity index (χ1v) is 10.0. The van der Waals surface area contributed by atoms with Crippen LogP contribution in [0.5, 0.6) is 0 Å². The van der Waals surface area contributed by atoms with Gasteiger partial charge in [0.2, 0.25) is 11.8 Å². The third-order valence-corrected chi connectivity index (χ3v) is 5.71.